The Hall–Kier alpha value is -1.89. The van der Waals surface area contributed by atoms with Crippen molar-refractivity contribution in [1.82, 2.24) is 10.0 Å². The molecule has 1 aromatic rings. The molecule has 0 aromatic carbocycles. The van der Waals surface area contributed by atoms with Crippen LogP contribution in [-0.4, -0.2) is 46.0 Å². The number of carbonyl (C=O) groups excluding carboxylic acids is 3. The Morgan fingerprint density at radius 1 is 1.36 bits per heavy atom. The molecule has 1 fully saturated rings. The fourth-order valence-electron chi connectivity index (χ4n) is 2.80. The van der Waals surface area contributed by atoms with Gasteiger partial charge in [-0.3, -0.25) is 9.59 Å². The fourth-order valence-corrected chi connectivity index (χ4v) is 3.86. The molecule has 0 N–H and O–H groups in total. The Kier molecular flexibility index (Phi) is 5.56. The molecule has 0 bridgehead atoms. The summed E-state index contributed by atoms with van der Waals surface area (Å²) in [5, 5.41) is 4.49. The summed E-state index contributed by atoms with van der Waals surface area (Å²) in [6.07, 6.45) is 0.0501. The van der Waals surface area contributed by atoms with E-state index in [0.29, 0.717) is 11.3 Å². The van der Waals surface area contributed by atoms with Gasteiger partial charge in [0.15, 0.2) is 5.78 Å². The van der Waals surface area contributed by atoms with Crippen molar-refractivity contribution in [1.29, 1.82) is 0 Å². The van der Waals surface area contributed by atoms with Crippen LogP contribution in [0, 0.1) is 13.8 Å². The molecule has 1 unspecified atom stereocenters. The third-order valence-electron chi connectivity index (χ3n) is 4.16. The number of hydrazine groups is 1. The van der Waals surface area contributed by atoms with E-state index in [-0.39, 0.29) is 24.7 Å². The number of ether oxygens (including phenoxy) is 1. The molecule has 1 saturated heterocycles. The maximum Gasteiger partial charge on any atom is 0.429 e. The number of Topliss-reactive ketones (excluding diaryl/α,β-unsaturated/α-hetero) is 1. The Balaban J connectivity index is 2.30. The number of carbonyl (C=O) groups is 3. The zero-order valence-corrected chi connectivity index (χ0v) is 16.5. The van der Waals surface area contributed by atoms with E-state index in [1.807, 2.05) is 19.2 Å². The van der Waals surface area contributed by atoms with Crippen molar-refractivity contribution in [2.45, 2.75) is 66.0 Å². The zero-order valence-electron chi connectivity index (χ0n) is 15.7. The van der Waals surface area contributed by atoms with Crippen LogP contribution >= 0.6 is 11.3 Å². The van der Waals surface area contributed by atoms with E-state index < -0.39 is 17.7 Å². The second kappa shape index (κ2) is 7.15. The molecule has 0 radical (unpaired) electrons. The highest BCUT2D eigenvalue weighted by Gasteiger charge is 2.43. The van der Waals surface area contributed by atoms with Crippen LogP contribution in [0.25, 0.3) is 0 Å². The quantitative estimate of drug-likeness (QED) is 0.762. The molecule has 1 aliphatic heterocycles. The van der Waals surface area contributed by atoms with Gasteiger partial charge in [0.05, 0.1) is 4.88 Å². The summed E-state index contributed by atoms with van der Waals surface area (Å²) in [6.45, 7) is 11.2. The molecule has 138 valence electrons. The SMILES string of the molecule is CCN(C(=O)OC(C)(C)C)N1C(=O)CCC1C(=O)c1scc(C)c1C. The van der Waals surface area contributed by atoms with Gasteiger partial charge in [0.2, 0.25) is 5.91 Å². The van der Waals surface area contributed by atoms with E-state index in [9.17, 15) is 14.4 Å². The number of ketones is 1. The summed E-state index contributed by atoms with van der Waals surface area (Å²) in [4.78, 5) is 38.6. The van der Waals surface area contributed by atoms with Crippen LogP contribution in [0.4, 0.5) is 4.79 Å². The lowest BCUT2D eigenvalue weighted by atomic mass is 10.1. The molecule has 1 aliphatic rings. The molecule has 7 heteroatoms. The fraction of sp³-hybridized carbons (Fsp3) is 0.611. The third-order valence-corrected chi connectivity index (χ3v) is 5.37. The Labute approximate surface area is 152 Å². The van der Waals surface area contributed by atoms with Gasteiger partial charge in [-0.1, -0.05) is 0 Å². The molecule has 0 aliphatic carbocycles. The van der Waals surface area contributed by atoms with Gasteiger partial charge in [-0.25, -0.2) is 14.8 Å². The van der Waals surface area contributed by atoms with Crippen molar-refractivity contribution >= 4 is 29.1 Å². The molecule has 0 saturated carbocycles. The lowest BCUT2D eigenvalue weighted by molar-refractivity contribution is -0.144. The van der Waals surface area contributed by atoms with Crippen LogP contribution in [-0.2, 0) is 9.53 Å². The molecule has 6 nitrogen and oxygen atoms in total. The lowest BCUT2D eigenvalue weighted by Crippen LogP contribution is -2.54. The summed E-state index contributed by atoms with van der Waals surface area (Å²) in [6, 6.07) is -0.656. The first kappa shape index (κ1) is 19.4. The average Bonchev–Trinajstić information content (AvgIpc) is 3.02. The van der Waals surface area contributed by atoms with Crippen LogP contribution in [0.2, 0.25) is 0 Å². The van der Waals surface area contributed by atoms with Crippen LogP contribution < -0.4 is 0 Å². The third kappa shape index (κ3) is 4.03. The maximum absolute atomic E-state index is 13.0. The standard InChI is InChI=1S/C18H26N2O4S/c1-7-19(17(23)24-18(4,5)6)20-13(8-9-14(20)21)15(22)16-12(3)11(2)10-25-16/h10,13H,7-9H2,1-6H3. The minimum absolute atomic E-state index is 0.108. The smallest absolute Gasteiger partial charge is 0.429 e. The molecular weight excluding hydrogens is 340 g/mol. The average molecular weight is 366 g/mol. The second-order valence-corrected chi connectivity index (χ2v) is 8.11. The lowest BCUT2D eigenvalue weighted by Gasteiger charge is -2.35. The Morgan fingerprint density at radius 3 is 2.48 bits per heavy atom. The number of nitrogens with zero attached hydrogens (tertiary/aromatic N) is 2. The maximum atomic E-state index is 13.0. The van der Waals surface area contributed by atoms with Gasteiger partial charge in [0.1, 0.15) is 11.6 Å². The van der Waals surface area contributed by atoms with Crippen molar-refractivity contribution < 1.29 is 19.1 Å². The topological polar surface area (TPSA) is 66.9 Å². The number of rotatable bonds is 4. The van der Waals surface area contributed by atoms with E-state index in [0.717, 1.165) is 11.1 Å². The largest absolute Gasteiger partial charge is 0.442 e. The number of amides is 2. The van der Waals surface area contributed by atoms with Crippen molar-refractivity contribution in [3.05, 3.63) is 21.4 Å². The number of thiophene rings is 1. The predicted molar refractivity (Wildman–Crippen MR) is 96.6 cm³/mol. The molecule has 2 heterocycles. The Morgan fingerprint density at radius 2 is 2.00 bits per heavy atom. The van der Waals surface area contributed by atoms with Crippen molar-refractivity contribution in [3.8, 4) is 0 Å². The highest BCUT2D eigenvalue weighted by atomic mass is 32.1. The monoisotopic (exact) mass is 366 g/mol. The first-order valence-electron chi connectivity index (χ1n) is 8.48. The minimum atomic E-state index is -0.672. The Bertz CT molecular complexity index is 690. The van der Waals surface area contributed by atoms with Gasteiger partial charge in [-0.2, -0.15) is 0 Å². The van der Waals surface area contributed by atoms with Gasteiger partial charge < -0.3 is 4.74 Å². The molecule has 1 aromatic heterocycles. The van der Waals surface area contributed by atoms with Gasteiger partial charge in [-0.05, 0) is 64.5 Å². The summed E-state index contributed by atoms with van der Waals surface area (Å²) < 4.78 is 5.40. The van der Waals surface area contributed by atoms with Crippen LogP contribution in [0.15, 0.2) is 5.38 Å². The van der Waals surface area contributed by atoms with Crippen molar-refractivity contribution in [2.75, 3.05) is 6.54 Å². The highest BCUT2D eigenvalue weighted by molar-refractivity contribution is 7.12. The van der Waals surface area contributed by atoms with Gasteiger partial charge >= 0.3 is 6.09 Å². The highest BCUT2D eigenvalue weighted by Crippen LogP contribution is 2.30. The summed E-state index contributed by atoms with van der Waals surface area (Å²) in [5.74, 6) is -0.333. The molecule has 2 amide bonds. The summed E-state index contributed by atoms with van der Waals surface area (Å²) in [7, 11) is 0. The van der Waals surface area contributed by atoms with E-state index in [2.05, 4.69) is 0 Å². The van der Waals surface area contributed by atoms with Crippen LogP contribution in [0.5, 0.6) is 0 Å². The number of hydrogen-bond acceptors (Lipinski definition) is 5. The van der Waals surface area contributed by atoms with E-state index in [1.54, 1.807) is 27.7 Å². The molecular formula is C18H26N2O4S. The van der Waals surface area contributed by atoms with Crippen molar-refractivity contribution in [3.63, 3.8) is 0 Å². The minimum Gasteiger partial charge on any atom is -0.442 e. The van der Waals surface area contributed by atoms with E-state index >= 15 is 0 Å². The van der Waals surface area contributed by atoms with Crippen molar-refractivity contribution in [2.24, 2.45) is 0 Å². The summed E-state index contributed by atoms with van der Waals surface area (Å²) in [5.41, 5.74) is 1.33. The first-order valence-corrected chi connectivity index (χ1v) is 9.36. The summed E-state index contributed by atoms with van der Waals surface area (Å²) >= 11 is 1.39. The number of aryl methyl sites for hydroxylation is 1. The van der Waals surface area contributed by atoms with Crippen LogP contribution in [0.3, 0.4) is 0 Å². The molecule has 0 spiro atoms. The normalized spacial score (nSPS) is 17.8. The van der Waals surface area contributed by atoms with Crippen LogP contribution in [0.1, 0.15) is 61.3 Å². The van der Waals surface area contributed by atoms with E-state index in [1.165, 1.54) is 21.4 Å². The molecule has 2 rings (SSSR count). The first-order chi connectivity index (χ1) is 11.6. The predicted octanol–water partition coefficient (Wildman–Crippen LogP) is 3.71. The molecule has 25 heavy (non-hydrogen) atoms. The van der Waals surface area contributed by atoms with Gasteiger partial charge in [-0.15, -0.1) is 11.3 Å². The zero-order chi connectivity index (χ0) is 18.9. The molecule has 1 atom stereocenters. The second-order valence-electron chi connectivity index (χ2n) is 7.23. The van der Waals surface area contributed by atoms with Gasteiger partial charge in [0, 0.05) is 13.0 Å². The number of hydrogen-bond donors (Lipinski definition) is 0. The van der Waals surface area contributed by atoms with E-state index in [4.69, 9.17) is 4.74 Å². The van der Waals surface area contributed by atoms with Gasteiger partial charge in [0.25, 0.3) is 0 Å².